The number of pyridine rings is 1. The van der Waals surface area contributed by atoms with Gasteiger partial charge in [0.15, 0.2) is 0 Å². The second-order valence-corrected chi connectivity index (χ2v) is 3.61. The topological polar surface area (TPSA) is 50.2 Å². The molecular formula is C13H10FNO2. The van der Waals surface area contributed by atoms with Crippen LogP contribution in [0.2, 0.25) is 0 Å². The lowest BCUT2D eigenvalue weighted by Crippen LogP contribution is -2.05. The van der Waals surface area contributed by atoms with E-state index >= 15 is 0 Å². The first kappa shape index (κ1) is 11.3. The van der Waals surface area contributed by atoms with Gasteiger partial charge in [-0.25, -0.2) is 9.18 Å². The minimum absolute atomic E-state index is 0.178. The Labute approximate surface area is 97.6 Å². The molecule has 0 saturated carbocycles. The minimum Gasteiger partial charge on any atom is -0.478 e. The summed E-state index contributed by atoms with van der Waals surface area (Å²) in [6, 6.07) is 9.02. The molecule has 17 heavy (non-hydrogen) atoms. The normalized spacial score (nSPS) is 10.2. The van der Waals surface area contributed by atoms with Crippen molar-refractivity contribution in [3.63, 3.8) is 0 Å². The largest absolute Gasteiger partial charge is 0.478 e. The third kappa shape index (κ3) is 2.66. The number of carbonyl (C=O) groups is 1. The Hall–Kier alpha value is -2.23. The first-order valence-electron chi connectivity index (χ1n) is 5.08. The zero-order chi connectivity index (χ0) is 12.3. The zero-order valence-electron chi connectivity index (χ0n) is 8.93. The predicted octanol–water partition coefficient (Wildman–Crippen LogP) is 2.51. The molecule has 4 heteroatoms. The summed E-state index contributed by atoms with van der Waals surface area (Å²) in [5.41, 5.74) is 1.48. The Morgan fingerprint density at radius 3 is 2.59 bits per heavy atom. The maximum atomic E-state index is 12.7. The Bertz CT molecular complexity index is 537. The number of nitrogens with zero attached hydrogens (tertiary/aromatic N) is 1. The fourth-order valence-electron chi connectivity index (χ4n) is 1.57. The van der Waals surface area contributed by atoms with Crippen LogP contribution in [0.4, 0.5) is 4.39 Å². The van der Waals surface area contributed by atoms with Gasteiger partial charge in [-0.15, -0.1) is 0 Å². The summed E-state index contributed by atoms with van der Waals surface area (Å²) >= 11 is 0. The molecule has 3 nitrogen and oxygen atoms in total. The highest BCUT2D eigenvalue weighted by Gasteiger charge is 2.10. The van der Waals surface area contributed by atoms with E-state index in [1.165, 1.54) is 18.2 Å². The van der Waals surface area contributed by atoms with Crippen LogP contribution in [0.5, 0.6) is 0 Å². The summed E-state index contributed by atoms with van der Waals surface area (Å²) in [5, 5.41) is 8.99. The molecule has 1 aromatic carbocycles. The lowest BCUT2D eigenvalue weighted by molar-refractivity contribution is 0.0695. The van der Waals surface area contributed by atoms with Crippen LogP contribution in [0.3, 0.4) is 0 Å². The van der Waals surface area contributed by atoms with Crippen molar-refractivity contribution in [3.05, 3.63) is 65.2 Å². The van der Waals surface area contributed by atoms with Gasteiger partial charge in [0.05, 0.1) is 11.3 Å². The van der Waals surface area contributed by atoms with Gasteiger partial charge in [-0.05, 0) is 29.8 Å². The van der Waals surface area contributed by atoms with E-state index in [-0.39, 0.29) is 11.4 Å². The van der Waals surface area contributed by atoms with Crippen LogP contribution >= 0.6 is 0 Å². The molecule has 0 aliphatic carbocycles. The van der Waals surface area contributed by atoms with Crippen LogP contribution in [0.25, 0.3) is 0 Å². The van der Waals surface area contributed by atoms with E-state index in [2.05, 4.69) is 4.98 Å². The molecule has 0 aliphatic heterocycles. The number of hydrogen-bond donors (Lipinski definition) is 1. The van der Waals surface area contributed by atoms with Gasteiger partial charge in [-0.1, -0.05) is 12.1 Å². The Balaban J connectivity index is 2.30. The quantitative estimate of drug-likeness (QED) is 0.882. The van der Waals surface area contributed by atoms with E-state index in [1.54, 1.807) is 24.4 Å². The number of aromatic nitrogens is 1. The summed E-state index contributed by atoms with van der Waals surface area (Å²) in [5.74, 6) is -1.32. The molecule has 0 aliphatic rings. The van der Waals surface area contributed by atoms with Crippen molar-refractivity contribution in [3.8, 4) is 0 Å². The van der Waals surface area contributed by atoms with E-state index in [0.717, 1.165) is 5.56 Å². The number of carboxylic acid groups (broad SMARTS) is 1. The number of hydrogen-bond acceptors (Lipinski definition) is 2. The zero-order valence-corrected chi connectivity index (χ0v) is 8.93. The average Bonchev–Trinajstić information content (AvgIpc) is 2.32. The minimum atomic E-state index is -1.00. The van der Waals surface area contributed by atoms with E-state index in [4.69, 9.17) is 5.11 Å². The Morgan fingerprint density at radius 1 is 1.24 bits per heavy atom. The first-order valence-corrected chi connectivity index (χ1v) is 5.08. The van der Waals surface area contributed by atoms with Gasteiger partial charge >= 0.3 is 5.97 Å². The van der Waals surface area contributed by atoms with Crippen molar-refractivity contribution >= 4 is 5.97 Å². The highest BCUT2D eigenvalue weighted by atomic mass is 19.1. The van der Waals surface area contributed by atoms with Crippen LogP contribution in [-0.2, 0) is 6.42 Å². The number of rotatable bonds is 3. The standard InChI is InChI=1S/C13H10FNO2/c14-10-5-3-9(4-6-10)8-12-11(13(16)17)2-1-7-15-12/h1-7H,8H2,(H,16,17). The van der Waals surface area contributed by atoms with Crippen LogP contribution in [-0.4, -0.2) is 16.1 Å². The smallest absolute Gasteiger partial charge is 0.337 e. The van der Waals surface area contributed by atoms with Crippen molar-refractivity contribution in [2.75, 3.05) is 0 Å². The third-order valence-electron chi connectivity index (χ3n) is 2.41. The SMILES string of the molecule is O=C(O)c1cccnc1Cc1ccc(F)cc1. The van der Waals surface area contributed by atoms with E-state index in [9.17, 15) is 9.18 Å². The maximum absolute atomic E-state index is 12.7. The lowest BCUT2D eigenvalue weighted by Gasteiger charge is -2.04. The molecular weight excluding hydrogens is 221 g/mol. The first-order chi connectivity index (χ1) is 8.16. The maximum Gasteiger partial charge on any atom is 0.337 e. The molecule has 0 atom stereocenters. The summed E-state index contributed by atoms with van der Waals surface area (Å²) < 4.78 is 12.7. The summed E-state index contributed by atoms with van der Waals surface area (Å²) in [6.45, 7) is 0. The molecule has 2 rings (SSSR count). The number of aromatic carboxylic acids is 1. The average molecular weight is 231 g/mol. The summed E-state index contributed by atoms with van der Waals surface area (Å²) in [4.78, 5) is 15.0. The fraction of sp³-hybridized carbons (Fsp3) is 0.0769. The number of carboxylic acids is 1. The van der Waals surface area contributed by atoms with Crippen molar-refractivity contribution in [1.29, 1.82) is 0 Å². The molecule has 1 N–H and O–H groups in total. The second-order valence-electron chi connectivity index (χ2n) is 3.61. The van der Waals surface area contributed by atoms with Crippen LogP contribution in [0, 0.1) is 5.82 Å². The number of benzene rings is 1. The van der Waals surface area contributed by atoms with Crippen molar-refractivity contribution in [1.82, 2.24) is 4.98 Å². The molecule has 0 amide bonds. The van der Waals surface area contributed by atoms with Crippen molar-refractivity contribution in [2.45, 2.75) is 6.42 Å². The molecule has 0 saturated heterocycles. The summed E-state index contributed by atoms with van der Waals surface area (Å²) in [6.07, 6.45) is 1.92. The van der Waals surface area contributed by atoms with Gasteiger partial charge < -0.3 is 5.11 Å². The van der Waals surface area contributed by atoms with E-state index < -0.39 is 5.97 Å². The number of halogens is 1. The van der Waals surface area contributed by atoms with Gasteiger partial charge in [-0.3, -0.25) is 4.98 Å². The third-order valence-corrected chi connectivity index (χ3v) is 2.41. The van der Waals surface area contributed by atoms with Crippen molar-refractivity contribution < 1.29 is 14.3 Å². The van der Waals surface area contributed by atoms with Crippen LogP contribution < -0.4 is 0 Å². The Morgan fingerprint density at radius 2 is 1.94 bits per heavy atom. The molecule has 1 aromatic heterocycles. The highest BCUT2D eigenvalue weighted by molar-refractivity contribution is 5.88. The molecule has 0 spiro atoms. The summed E-state index contributed by atoms with van der Waals surface area (Å²) in [7, 11) is 0. The second kappa shape index (κ2) is 4.74. The van der Waals surface area contributed by atoms with Gasteiger partial charge in [0, 0.05) is 12.6 Å². The van der Waals surface area contributed by atoms with E-state index in [0.29, 0.717) is 12.1 Å². The van der Waals surface area contributed by atoms with Gasteiger partial charge in [-0.2, -0.15) is 0 Å². The molecule has 0 fully saturated rings. The predicted molar refractivity (Wildman–Crippen MR) is 60.4 cm³/mol. The Kier molecular flexibility index (Phi) is 3.14. The van der Waals surface area contributed by atoms with Gasteiger partial charge in [0.2, 0.25) is 0 Å². The van der Waals surface area contributed by atoms with Crippen LogP contribution in [0.15, 0.2) is 42.6 Å². The van der Waals surface area contributed by atoms with E-state index in [1.807, 2.05) is 0 Å². The van der Waals surface area contributed by atoms with Crippen molar-refractivity contribution in [2.24, 2.45) is 0 Å². The molecule has 2 aromatic rings. The molecule has 0 bridgehead atoms. The molecule has 0 unspecified atom stereocenters. The molecule has 1 heterocycles. The van der Waals surface area contributed by atoms with Crippen LogP contribution in [0.1, 0.15) is 21.6 Å². The molecule has 86 valence electrons. The lowest BCUT2D eigenvalue weighted by atomic mass is 10.1. The van der Waals surface area contributed by atoms with Gasteiger partial charge in [0.25, 0.3) is 0 Å². The molecule has 0 radical (unpaired) electrons. The fourth-order valence-corrected chi connectivity index (χ4v) is 1.57. The van der Waals surface area contributed by atoms with Gasteiger partial charge in [0.1, 0.15) is 5.82 Å². The highest BCUT2D eigenvalue weighted by Crippen LogP contribution is 2.12. The monoisotopic (exact) mass is 231 g/mol.